The molecule has 180 valence electrons. The van der Waals surface area contributed by atoms with E-state index in [0.29, 0.717) is 12.8 Å². The Hall–Kier alpha value is -3.45. The van der Waals surface area contributed by atoms with Gasteiger partial charge in [-0.15, -0.1) is 11.8 Å². The van der Waals surface area contributed by atoms with E-state index in [0.717, 1.165) is 22.3 Å². The van der Waals surface area contributed by atoms with E-state index in [2.05, 4.69) is 24.3 Å². The molecule has 35 heavy (non-hydrogen) atoms. The van der Waals surface area contributed by atoms with Crippen LogP contribution in [0.5, 0.6) is 0 Å². The standard InChI is InChI=1S/C28H28N2O4S/c1-27(29(31)32)17-13-23(14-18-27)25(21-9-5-3-6-10-21)35-26(22-11-7-4-8-12-22)24-15-19-28(2,20-16-24)30(33)34/h3-17,19,25-26H,18,20H2,1-2H3. The second kappa shape index (κ2) is 10.0. The van der Waals surface area contributed by atoms with Crippen LogP contribution in [0.2, 0.25) is 0 Å². The quantitative estimate of drug-likeness (QED) is 0.294. The highest BCUT2D eigenvalue weighted by Gasteiger charge is 2.38. The van der Waals surface area contributed by atoms with Crippen molar-refractivity contribution >= 4 is 11.8 Å². The first-order valence-corrected chi connectivity index (χ1v) is 12.5. The van der Waals surface area contributed by atoms with Crippen LogP contribution in [0.15, 0.2) is 108 Å². The van der Waals surface area contributed by atoms with Gasteiger partial charge in [-0.05, 0) is 34.4 Å². The summed E-state index contributed by atoms with van der Waals surface area (Å²) in [5, 5.41) is 23.0. The SMILES string of the molecule is CC1([N+](=O)[O-])C=CC(C(SC(C2=CCC(C)([N+](=O)[O-])C=C2)c2ccccc2)c2ccccc2)=CC1. The molecule has 0 fully saturated rings. The van der Waals surface area contributed by atoms with Crippen LogP contribution in [0, 0.1) is 20.2 Å². The molecule has 0 bridgehead atoms. The second-order valence-corrected chi connectivity index (χ2v) is 10.6. The van der Waals surface area contributed by atoms with Crippen LogP contribution in [0.4, 0.5) is 0 Å². The summed E-state index contributed by atoms with van der Waals surface area (Å²) in [7, 11) is 0. The van der Waals surface area contributed by atoms with Crippen molar-refractivity contribution in [2.24, 2.45) is 0 Å². The topological polar surface area (TPSA) is 86.3 Å². The molecule has 4 rings (SSSR count). The number of hydrogen-bond donors (Lipinski definition) is 0. The summed E-state index contributed by atoms with van der Waals surface area (Å²) in [5.41, 5.74) is 2.06. The number of benzene rings is 2. The van der Waals surface area contributed by atoms with Crippen LogP contribution in [-0.2, 0) is 0 Å². The third-order valence-corrected chi connectivity index (χ3v) is 8.32. The molecule has 0 saturated heterocycles. The Kier molecular flexibility index (Phi) is 7.08. The number of rotatable bonds is 8. The van der Waals surface area contributed by atoms with Gasteiger partial charge in [0.15, 0.2) is 0 Å². The number of thioether (sulfide) groups is 1. The fourth-order valence-corrected chi connectivity index (χ4v) is 5.79. The van der Waals surface area contributed by atoms with Crippen molar-refractivity contribution in [2.45, 2.75) is 48.3 Å². The van der Waals surface area contributed by atoms with E-state index in [1.54, 1.807) is 37.8 Å². The van der Waals surface area contributed by atoms with Crippen LogP contribution in [0.25, 0.3) is 0 Å². The molecule has 2 aromatic carbocycles. The highest BCUT2D eigenvalue weighted by Crippen LogP contribution is 2.50. The summed E-state index contributed by atoms with van der Waals surface area (Å²) in [6.45, 7) is 3.27. The van der Waals surface area contributed by atoms with Gasteiger partial charge in [-0.3, -0.25) is 20.2 Å². The van der Waals surface area contributed by atoms with Gasteiger partial charge in [-0.1, -0.05) is 85.0 Å². The minimum atomic E-state index is -1.10. The summed E-state index contributed by atoms with van der Waals surface area (Å²) in [6, 6.07) is 20.2. The van der Waals surface area contributed by atoms with Crippen LogP contribution in [-0.4, -0.2) is 20.9 Å². The Balaban J connectivity index is 1.71. The first-order chi connectivity index (χ1) is 16.7. The van der Waals surface area contributed by atoms with E-state index >= 15 is 0 Å². The maximum atomic E-state index is 11.5. The van der Waals surface area contributed by atoms with E-state index < -0.39 is 11.1 Å². The summed E-state index contributed by atoms with van der Waals surface area (Å²) in [4.78, 5) is 22.6. The molecule has 0 N–H and O–H groups in total. The van der Waals surface area contributed by atoms with Crippen molar-refractivity contribution < 1.29 is 9.85 Å². The largest absolute Gasteiger partial charge is 0.264 e. The van der Waals surface area contributed by atoms with Gasteiger partial charge in [0.1, 0.15) is 0 Å². The zero-order chi connectivity index (χ0) is 25.1. The maximum absolute atomic E-state index is 11.5. The van der Waals surface area contributed by atoms with E-state index in [4.69, 9.17) is 0 Å². The van der Waals surface area contributed by atoms with Gasteiger partial charge in [-0.25, -0.2) is 0 Å². The highest BCUT2D eigenvalue weighted by molar-refractivity contribution is 8.00. The summed E-state index contributed by atoms with van der Waals surface area (Å²) >= 11 is 1.75. The van der Waals surface area contributed by atoms with Gasteiger partial charge in [0.25, 0.3) is 0 Å². The molecule has 2 aliphatic rings. The Morgan fingerprint density at radius 1 is 0.714 bits per heavy atom. The Labute approximate surface area is 209 Å². The molecule has 6 nitrogen and oxygen atoms in total. The number of hydrogen-bond acceptors (Lipinski definition) is 5. The first kappa shape index (κ1) is 24.7. The van der Waals surface area contributed by atoms with Crippen molar-refractivity contribution in [1.82, 2.24) is 0 Å². The summed E-state index contributed by atoms with van der Waals surface area (Å²) < 4.78 is 0. The molecule has 2 aromatic rings. The van der Waals surface area contributed by atoms with Crippen molar-refractivity contribution in [3.63, 3.8) is 0 Å². The van der Waals surface area contributed by atoms with Crippen molar-refractivity contribution in [2.75, 3.05) is 0 Å². The molecule has 0 saturated carbocycles. The van der Waals surface area contributed by atoms with Crippen LogP contribution in [0.1, 0.15) is 48.3 Å². The lowest BCUT2D eigenvalue weighted by Gasteiger charge is -2.30. The second-order valence-electron chi connectivity index (χ2n) is 9.43. The Bertz CT molecular complexity index is 1130. The molecule has 4 unspecified atom stereocenters. The molecule has 4 atom stereocenters. The minimum absolute atomic E-state index is 0.0629. The monoisotopic (exact) mass is 488 g/mol. The van der Waals surface area contributed by atoms with E-state index in [9.17, 15) is 20.2 Å². The molecule has 0 spiro atoms. The van der Waals surface area contributed by atoms with E-state index in [1.165, 1.54) is 0 Å². The fourth-order valence-electron chi connectivity index (χ4n) is 4.22. The molecule has 7 heteroatoms. The molecule has 2 aliphatic carbocycles. The fraction of sp³-hybridized carbons (Fsp3) is 0.286. The lowest BCUT2D eigenvalue weighted by Crippen LogP contribution is -2.33. The third-order valence-electron chi connectivity index (χ3n) is 6.69. The molecule has 0 aliphatic heterocycles. The van der Waals surface area contributed by atoms with Gasteiger partial charge in [0.05, 0.1) is 10.5 Å². The molecular weight excluding hydrogens is 460 g/mol. The average Bonchev–Trinajstić information content (AvgIpc) is 2.87. The van der Waals surface area contributed by atoms with Crippen molar-refractivity contribution in [3.8, 4) is 0 Å². The van der Waals surface area contributed by atoms with Gasteiger partial charge < -0.3 is 0 Å². The zero-order valence-electron chi connectivity index (χ0n) is 19.7. The number of nitro groups is 2. The van der Waals surface area contributed by atoms with Crippen LogP contribution < -0.4 is 0 Å². The molecule has 0 amide bonds. The zero-order valence-corrected chi connectivity index (χ0v) is 20.6. The lowest BCUT2D eigenvalue weighted by atomic mass is 9.88. The van der Waals surface area contributed by atoms with Crippen LogP contribution >= 0.6 is 11.8 Å². The predicted molar refractivity (Wildman–Crippen MR) is 140 cm³/mol. The van der Waals surface area contributed by atoms with E-state index in [1.807, 2.05) is 60.7 Å². The Morgan fingerprint density at radius 3 is 1.37 bits per heavy atom. The molecule has 0 aromatic heterocycles. The van der Waals surface area contributed by atoms with E-state index in [-0.39, 0.29) is 20.3 Å². The first-order valence-electron chi connectivity index (χ1n) is 11.5. The third kappa shape index (κ3) is 5.30. The van der Waals surface area contributed by atoms with Crippen LogP contribution in [0.3, 0.4) is 0 Å². The van der Waals surface area contributed by atoms with Crippen molar-refractivity contribution in [3.05, 3.63) is 140 Å². The summed E-state index contributed by atoms with van der Waals surface area (Å²) in [6.07, 6.45) is 11.8. The number of allylic oxidation sites excluding steroid dienone is 2. The molecular formula is C28H28N2O4S. The smallest absolute Gasteiger partial charge is 0.241 e. The number of nitrogens with zero attached hydrogens (tertiary/aromatic N) is 2. The van der Waals surface area contributed by atoms with Gasteiger partial charge in [-0.2, -0.15) is 0 Å². The predicted octanol–water partition coefficient (Wildman–Crippen LogP) is 7.05. The van der Waals surface area contributed by atoms with Crippen molar-refractivity contribution in [1.29, 1.82) is 0 Å². The highest BCUT2D eigenvalue weighted by atomic mass is 32.2. The van der Waals surface area contributed by atoms with Gasteiger partial charge >= 0.3 is 0 Å². The minimum Gasteiger partial charge on any atom is -0.264 e. The molecule has 0 heterocycles. The van der Waals surface area contributed by atoms with Gasteiger partial charge in [0, 0.05) is 36.5 Å². The van der Waals surface area contributed by atoms with Gasteiger partial charge in [0.2, 0.25) is 11.1 Å². The summed E-state index contributed by atoms with van der Waals surface area (Å²) in [5.74, 6) is 0. The normalized spacial score (nSPS) is 25.3. The Morgan fingerprint density at radius 2 is 1.09 bits per heavy atom. The average molecular weight is 489 g/mol. The lowest BCUT2D eigenvalue weighted by molar-refractivity contribution is -0.549. The molecule has 0 radical (unpaired) electrons. The maximum Gasteiger partial charge on any atom is 0.241 e.